The third-order valence-electron chi connectivity index (χ3n) is 5.32. The lowest BCUT2D eigenvalue weighted by Crippen LogP contribution is -2.30. The molecule has 1 aliphatic carbocycles. The SMILES string of the molecule is O/N=C/C1CCCCCC(C2CCN(P)CC2)CCC1. The van der Waals surface area contributed by atoms with Gasteiger partial charge in [0, 0.05) is 19.3 Å². The van der Waals surface area contributed by atoms with Gasteiger partial charge < -0.3 is 5.21 Å². The second-order valence-electron chi connectivity index (χ2n) is 6.73. The van der Waals surface area contributed by atoms with Gasteiger partial charge in [0.15, 0.2) is 0 Å². The smallest absolute Gasteiger partial charge is 0.0466 e. The normalized spacial score (nSPS) is 32.5. The van der Waals surface area contributed by atoms with Gasteiger partial charge in [-0.05, 0) is 43.4 Å². The van der Waals surface area contributed by atoms with Crippen LogP contribution in [0.4, 0.5) is 0 Å². The monoisotopic (exact) mass is 298 g/mol. The largest absolute Gasteiger partial charge is 0.411 e. The van der Waals surface area contributed by atoms with E-state index in [1.165, 1.54) is 77.3 Å². The van der Waals surface area contributed by atoms with E-state index in [1.807, 2.05) is 0 Å². The molecule has 0 radical (unpaired) electrons. The molecule has 1 heterocycles. The fraction of sp³-hybridized carbons (Fsp3) is 0.938. The van der Waals surface area contributed by atoms with Crippen LogP contribution in [0, 0.1) is 17.8 Å². The molecule has 2 fully saturated rings. The van der Waals surface area contributed by atoms with E-state index >= 15 is 0 Å². The average molecular weight is 298 g/mol. The van der Waals surface area contributed by atoms with Gasteiger partial charge in [0.1, 0.15) is 0 Å². The quantitative estimate of drug-likeness (QED) is 0.357. The lowest BCUT2D eigenvalue weighted by atomic mass is 9.77. The van der Waals surface area contributed by atoms with E-state index < -0.39 is 0 Å². The van der Waals surface area contributed by atoms with Gasteiger partial charge in [-0.2, -0.15) is 0 Å². The maximum atomic E-state index is 8.75. The van der Waals surface area contributed by atoms with E-state index in [4.69, 9.17) is 5.21 Å². The summed E-state index contributed by atoms with van der Waals surface area (Å²) in [7, 11) is 2.86. The maximum Gasteiger partial charge on any atom is 0.0466 e. The summed E-state index contributed by atoms with van der Waals surface area (Å²) in [4.78, 5) is 0. The molecule has 0 aromatic heterocycles. The van der Waals surface area contributed by atoms with Gasteiger partial charge >= 0.3 is 0 Å². The molecule has 0 aromatic carbocycles. The highest BCUT2D eigenvalue weighted by Crippen LogP contribution is 2.34. The lowest BCUT2D eigenvalue weighted by molar-refractivity contribution is 0.187. The van der Waals surface area contributed by atoms with Crippen molar-refractivity contribution in [2.24, 2.45) is 22.9 Å². The Kier molecular flexibility index (Phi) is 7.30. The molecular weight excluding hydrogens is 267 g/mol. The third-order valence-corrected chi connectivity index (χ3v) is 5.83. The number of rotatable bonds is 2. The Hall–Kier alpha value is -0.140. The first-order valence-electron chi connectivity index (χ1n) is 8.47. The van der Waals surface area contributed by atoms with Gasteiger partial charge in [-0.1, -0.05) is 47.9 Å². The average Bonchev–Trinajstić information content (AvgIpc) is 2.46. The maximum absolute atomic E-state index is 8.75. The van der Waals surface area contributed by atoms with Crippen LogP contribution in [0.15, 0.2) is 5.16 Å². The molecule has 1 saturated carbocycles. The Morgan fingerprint density at radius 1 is 0.850 bits per heavy atom. The van der Waals surface area contributed by atoms with Crippen molar-refractivity contribution in [2.45, 2.75) is 64.2 Å². The lowest BCUT2D eigenvalue weighted by Gasteiger charge is -2.35. The molecule has 0 amide bonds. The number of piperidine rings is 1. The predicted octanol–water partition coefficient (Wildman–Crippen LogP) is 4.32. The molecule has 2 rings (SSSR count). The molecule has 116 valence electrons. The first kappa shape index (κ1) is 16.2. The fourth-order valence-electron chi connectivity index (χ4n) is 4.03. The first-order chi connectivity index (χ1) is 9.79. The van der Waals surface area contributed by atoms with Crippen LogP contribution in [0.5, 0.6) is 0 Å². The molecule has 3 unspecified atom stereocenters. The van der Waals surface area contributed by atoms with Crippen LogP contribution in [-0.4, -0.2) is 29.2 Å². The molecule has 1 saturated heterocycles. The molecule has 2 aliphatic rings. The standard InChI is InChI=1S/C16H31N2OP/c19-17-13-14-5-2-1-3-7-15(8-4-6-14)16-9-11-18(20)12-10-16/h13-16,19H,1-12,20H2/b17-13+. The van der Waals surface area contributed by atoms with Crippen molar-refractivity contribution in [3.8, 4) is 0 Å². The third kappa shape index (κ3) is 5.33. The number of hydrogen-bond donors (Lipinski definition) is 1. The number of hydrogen-bond acceptors (Lipinski definition) is 3. The Morgan fingerprint density at radius 3 is 2.20 bits per heavy atom. The summed E-state index contributed by atoms with van der Waals surface area (Å²) in [6.45, 7) is 2.51. The van der Waals surface area contributed by atoms with Gasteiger partial charge in [-0.15, -0.1) is 5.16 Å². The van der Waals surface area contributed by atoms with Crippen molar-refractivity contribution in [2.75, 3.05) is 13.1 Å². The summed E-state index contributed by atoms with van der Waals surface area (Å²) in [6, 6.07) is 0. The van der Waals surface area contributed by atoms with Crippen LogP contribution in [-0.2, 0) is 0 Å². The van der Waals surface area contributed by atoms with Crippen LogP contribution in [0.3, 0.4) is 0 Å². The number of nitrogens with zero attached hydrogens (tertiary/aromatic N) is 2. The summed E-state index contributed by atoms with van der Waals surface area (Å²) in [5, 5.41) is 12.0. The van der Waals surface area contributed by atoms with Crippen LogP contribution in [0.25, 0.3) is 0 Å². The van der Waals surface area contributed by atoms with Crippen molar-refractivity contribution < 1.29 is 5.21 Å². The van der Waals surface area contributed by atoms with Gasteiger partial charge in [-0.25, -0.2) is 0 Å². The van der Waals surface area contributed by atoms with Gasteiger partial charge in [-0.3, -0.25) is 4.67 Å². The fourth-order valence-corrected chi connectivity index (χ4v) is 4.32. The molecule has 0 bridgehead atoms. The molecule has 0 aromatic rings. The van der Waals surface area contributed by atoms with Crippen molar-refractivity contribution in [1.29, 1.82) is 0 Å². The zero-order chi connectivity index (χ0) is 14.2. The predicted molar refractivity (Wildman–Crippen MR) is 88.2 cm³/mol. The van der Waals surface area contributed by atoms with E-state index in [0.29, 0.717) is 5.92 Å². The minimum absolute atomic E-state index is 0.507. The second-order valence-corrected chi connectivity index (χ2v) is 7.46. The van der Waals surface area contributed by atoms with E-state index in [1.54, 1.807) is 6.21 Å². The highest BCUT2D eigenvalue weighted by Gasteiger charge is 2.25. The highest BCUT2D eigenvalue weighted by atomic mass is 31.0. The molecule has 1 aliphatic heterocycles. The summed E-state index contributed by atoms with van der Waals surface area (Å²) in [6.07, 6.45) is 15.1. The molecule has 1 N–H and O–H groups in total. The second kappa shape index (κ2) is 9.00. The van der Waals surface area contributed by atoms with E-state index in [0.717, 1.165) is 11.8 Å². The van der Waals surface area contributed by atoms with Crippen LogP contribution < -0.4 is 0 Å². The van der Waals surface area contributed by atoms with Crippen molar-refractivity contribution in [1.82, 2.24) is 4.67 Å². The van der Waals surface area contributed by atoms with Gasteiger partial charge in [0.2, 0.25) is 0 Å². The van der Waals surface area contributed by atoms with Crippen LogP contribution >= 0.6 is 9.39 Å². The van der Waals surface area contributed by atoms with Gasteiger partial charge in [0.25, 0.3) is 0 Å². The van der Waals surface area contributed by atoms with Gasteiger partial charge in [0.05, 0.1) is 0 Å². The molecule has 3 atom stereocenters. The Balaban J connectivity index is 1.83. The van der Waals surface area contributed by atoms with Crippen molar-refractivity contribution in [3.05, 3.63) is 0 Å². The van der Waals surface area contributed by atoms with E-state index in [2.05, 4.69) is 19.2 Å². The number of oxime groups is 1. The zero-order valence-electron chi connectivity index (χ0n) is 12.7. The first-order valence-corrected chi connectivity index (χ1v) is 8.98. The molecule has 4 heteroatoms. The molecule has 0 spiro atoms. The van der Waals surface area contributed by atoms with E-state index in [9.17, 15) is 0 Å². The summed E-state index contributed by atoms with van der Waals surface area (Å²) < 4.78 is 2.39. The van der Waals surface area contributed by atoms with E-state index in [-0.39, 0.29) is 0 Å². The minimum Gasteiger partial charge on any atom is -0.411 e. The van der Waals surface area contributed by atoms with Crippen LogP contribution in [0.1, 0.15) is 64.2 Å². The van der Waals surface area contributed by atoms with Crippen molar-refractivity contribution >= 4 is 15.6 Å². The van der Waals surface area contributed by atoms with Crippen LogP contribution in [0.2, 0.25) is 0 Å². The minimum atomic E-state index is 0.507. The summed E-state index contributed by atoms with van der Waals surface area (Å²) in [5.41, 5.74) is 0. The molecular formula is C16H31N2OP. The zero-order valence-corrected chi connectivity index (χ0v) is 13.9. The molecule has 3 nitrogen and oxygen atoms in total. The Morgan fingerprint density at radius 2 is 1.45 bits per heavy atom. The highest BCUT2D eigenvalue weighted by molar-refractivity contribution is 7.13. The summed E-state index contributed by atoms with van der Waals surface area (Å²) in [5.74, 6) is 2.40. The molecule has 20 heavy (non-hydrogen) atoms. The topological polar surface area (TPSA) is 35.8 Å². The summed E-state index contributed by atoms with van der Waals surface area (Å²) >= 11 is 0. The van der Waals surface area contributed by atoms with Crippen molar-refractivity contribution in [3.63, 3.8) is 0 Å². The Bertz CT molecular complexity index is 290. The Labute approximate surface area is 126 Å².